The second kappa shape index (κ2) is 6.42. The molecule has 0 amide bonds. The van der Waals surface area contributed by atoms with Crippen molar-refractivity contribution in [1.29, 1.82) is 5.26 Å². The first kappa shape index (κ1) is 15.1. The molecule has 2 aromatic carbocycles. The van der Waals surface area contributed by atoms with Crippen molar-refractivity contribution in [3.8, 4) is 11.8 Å². The number of hydrogen-bond donors (Lipinski definition) is 1. The maximum absolute atomic E-state index is 12.5. The van der Waals surface area contributed by atoms with Gasteiger partial charge in [-0.05, 0) is 42.3 Å². The van der Waals surface area contributed by atoms with Gasteiger partial charge in [-0.1, -0.05) is 12.1 Å². The minimum atomic E-state index is -1.19. The Hall–Kier alpha value is -2.32. The fraction of sp³-hybridized carbons (Fsp3) is 0.188. The average Bonchev–Trinajstić information content (AvgIpc) is 2.49. The number of methoxy groups -OCH3 is 1. The van der Waals surface area contributed by atoms with E-state index in [4.69, 9.17) is 15.7 Å². The summed E-state index contributed by atoms with van der Waals surface area (Å²) in [6.45, 7) is 1.91. The van der Waals surface area contributed by atoms with E-state index in [2.05, 4.69) is 6.07 Å². The summed E-state index contributed by atoms with van der Waals surface area (Å²) in [5.74, 6) is 0.850. The summed E-state index contributed by atoms with van der Waals surface area (Å²) in [6.07, 6.45) is 0. The molecule has 0 aliphatic rings. The molecule has 0 radical (unpaired) electrons. The molecule has 0 aliphatic heterocycles. The molecule has 5 heteroatoms. The fourth-order valence-corrected chi connectivity index (χ4v) is 3.34. The van der Waals surface area contributed by atoms with Gasteiger partial charge in [-0.2, -0.15) is 5.26 Å². The first-order valence-corrected chi connectivity index (χ1v) is 7.68. The molecule has 0 fully saturated rings. The van der Waals surface area contributed by atoms with Crippen molar-refractivity contribution in [3.63, 3.8) is 0 Å². The fourth-order valence-electron chi connectivity index (χ4n) is 2.01. The lowest BCUT2D eigenvalue weighted by atomic mass is 10.1. The van der Waals surface area contributed by atoms with Crippen molar-refractivity contribution in [1.82, 2.24) is 0 Å². The molecular weight excluding hydrogens is 284 g/mol. The van der Waals surface area contributed by atoms with E-state index in [9.17, 15) is 4.21 Å². The molecule has 4 nitrogen and oxygen atoms in total. The third-order valence-electron chi connectivity index (χ3n) is 3.14. The van der Waals surface area contributed by atoms with E-state index in [1.54, 1.807) is 30.3 Å². The Morgan fingerprint density at radius 1 is 1.29 bits per heavy atom. The van der Waals surface area contributed by atoms with Crippen LogP contribution in [0.25, 0.3) is 0 Å². The molecule has 0 aliphatic carbocycles. The summed E-state index contributed by atoms with van der Waals surface area (Å²) in [7, 11) is 0.319. The van der Waals surface area contributed by atoms with Crippen LogP contribution >= 0.6 is 0 Å². The summed E-state index contributed by atoms with van der Waals surface area (Å²) in [6, 6.07) is 12.7. The molecule has 0 aromatic heterocycles. The van der Waals surface area contributed by atoms with Gasteiger partial charge in [0.05, 0.1) is 29.2 Å². The Kier molecular flexibility index (Phi) is 4.61. The molecule has 0 heterocycles. The lowest BCUT2D eigenvalue weighted by molar-refractivity contribution is 0.413. The molecule has 2 N–H and O–H groups in total. The molecular formula is C16H16N2O2S. The van der Waals surface area contributed by atoms with Crippen molar-refractivity contribution >= 4 is 16.5 Å². The Balaban J connectivity index is 2.28. The third-order valence-corrected chi connectivity index (χ3v) is 4.67. The van der Waals surface area contributed by atoms with E-state index < -0.39 is 10.8 Å². The first-order chi connectivity index (χ1) is 10.0. The topological polar surface area (TPSA) is 76.1 Å². The van der Waals surface area contributed by atoms with Gasteiger partial charge in [0.25, 0.3) is 0 Å². The van der Waals surface area contributed by atoms with Gasteiger partial charge >= 0.3 is 0 Å². The number of rotatable bonds is 4. The molecule has 1 atom stereocenters. The number of nitrogen functional groups attached to an aromatic ring is 1. The summed E-state index contributed by atoms with van der Waals surface area (Å²) in [5, 5.41) is 8.96. The first-order valence-electron chi connectivity index (χ1n) is 6.36. The Bertz CT molecular complexity index is 736. The van der Waals surface area contributed by atoms with Crippen molar-refractivity contribution < 1.29 is 8.95 Å². The van der Waals surface area contributed by atoms with Gasteiger partial charge in [0.2, 0.25) is 0 Å². The van der Waals surface area contributed by atoms with Crippen LogP contribution in [0.15, 0.2) is 41.3 Å². The molecule has 0 bridgehead atoms. The van der Waals surface area contributed by atoms with Crippen LogP contribution in [0, 0.1) is 18.3 Å². The molecule has 2 rings (SSSR count). The maximum Gasteiger partial charge on any atom is 0.136 e. The van der Waals surface area contributed by atoms with Crippen LogP contribution in [-0.4, -0.2) is 11.3 Å². The number of ether oxygens (including phenoxy) is 1. The van der Waals surface area contributed by atoms with Crippen molar-refractivity contribution in [2.24, 2.45) is 0 Å². The largest absolute Gasteiger partial charge is 0.495 e. The van der Waals surface area contributed by atoms with Gasteiger partial charge in [-0.3, -0.25) is 4.21 Å². The molecule has 0 spiro atoms. The molecule has 2 aromatic rings. The average molecular weight is 300 g/mol. The zero-order valence-electron chi connectivity index (χ0n) is 11.9. The Labute approximate surface area is 126 Å². The molecule has 1 unspecified atom stereocenters. The standard InChI is InChI=1S/C16H16N2O2S/c1-11-3-6-14(18)8-16(11)21(19)10-12-4-5-13(9-17)15(7-12)20-2/h3-8H,10,18H2,1-2H3. The van der Waals surface area contributed by atoms with E-state index in [-0.39, 0.29) is 0 Å². The van der Waals surface area contributed by atoms with Crippen LogP contribution in [0.4, 0.5) is 5.69 Å². The predicted octanol–water partition coefficient (Wildman–Crippen LogP) is 2.77. The second-order valence-electron chi connectivity index (χ2n) is 4.66. The minimum absolute atomic E-state index is 0.354. The SMILES string of the molecule is COc1cc(CS(=O)c2cc(N)ccc2C)ccc1C#N. The third kappa shape index (κ3) is 3.41. The monoisotopic (exact) mass is 300 g/mol. The molecule has 0 saturated heterocycles. The predicted molar refractivity (Wildman–Crippen MR) is 83.4 cm³/mol. The number of anilines is 1. The zero-order valence-corrected chi connectivity index (χ0v) is 12.7. The van der Waals surface area contributed by atoms with Gasteiger partial charge in [0.15, 0.2) is 0 Å². The number of nitrogens with two attached hydrogens (primary N) is 1. The Morgan fingerprint density at radius 2 is 2.05 bits per heavy atom. The quantitative estimate of drug-likeness (QED) is 0.881. The van der Waals surface area contributed by atoms with Crippen LogP contribution < -0.4 is 10.5 Å². The van der Waals surface area contributed by atoms with Crippen LogP contribution in [-0.2, 0) is 16.6 Å². The number of hydrogen-bond acceptors (Lipinski definition) is 4. The van der Waals surface area contributed by atoms with Crippen LogP contribution in [0.3, 0.4) is 0 Å². The molecule has 21 heavy (non-hydrogen) atoms. The maximum atomic E-state index is 12.5. The summed E-state index contributed by atoms with van der Waals surface area (Å²) in [4.78, 5) is 0.735. The zero-order chi connectivity index (χ0) is 15.4. The van der Waals surface area contributed by atoms with Crippen molar-refractivity contribution in [2.75, 3.05) is 12.8 Å². The normalized spacial score (nSPS) is 11.7. The molecule has 108 valence electrons. The van der Waals surface area contributed by atoms with E-state index in [0.29, 0.717) is 22.8 Å². The van der Waals surface area contributed by atoms with Crippen LogP contribution in [0.2, 0.25) is 0 Å². The summed E-state index contributed by atoms with van der Waals surface area (Å²) >= 11 is 0. The van der Waals surface area contributed by atoms with Crippen molar-refractivity contribution in [2.45, 2.75) is 17.6 Å². The smallest absolute Gasteiger partial charge is 0.136 e. The summed E-state index contributed by atoms with van der Waals surface area (Å²) < 4.78 is 17.7. The van der Waals surface area contributed by atoms with E-state index in [0.717, 1.165) is 16.0 Å². The van der Waals surface area contributed by atoms with E-state index >= 15 is 0 Å². The molecule has 0 saturated carbocycles. The van der Waals surface area contributed by atoms with E-state index in [1.807, 2.05) is 13.0 Å². The highest BCUT2D eigenvalue weighted by Gasteiger charge is 2.11. The lowest BCUT2D eigenvalue weighted by Gasteiger charge is -2.09. The van der Waals surface area contributed by atoms with Gasteiger partial charge in [-0.15, -0.1) is 0 Å². The number of nitriles is 1. The van der Waals surface area contributed by atoms with Crippen LogP contribution in [0.1, 0.15) is 16.7 Å². The van der Waals surface area contributed by atoms with Gasteiger partial charge in [0, 0.05) is 10.6 Å². The van der Waals surface area contributed by atoms with Gasteiger partial charge in [0.1, 0.15) is 11.8 Å². The lowest BCUT2D eigenvalue weighted by Crippen LogP contribution is -2.01. The number of benzene rings is 2. The van der Waals surface area contributed by atoms with Gasteiger partial charge < -0.3 is 10.5 Å². The van der Waals surface area contributed by atoms with Crippen LogP contribution in [0.5, 0.6) is 5.75 Å². The number of aryl methyl sites for hydroxylation is 1. The number of nitrogens with zero attached hydrogens (tertiary/aromatic N) is 1. The highest BCUT2D eigenvalue weighted by atomic mass is 32.2. The highest BCUT2D eigenvalue weighted by molar-refractivity contribution is 7.84. The summed E-state index contributed by atoms with van der Waals surface area (Å²) in [5.41, 5.74) is 8.62. The Morgan fingerprint density at radius 3 is 2.71 bits per heavy atom. The van der Waals surface area contributed by atoms with Gasteiger partial charge in [-0.25, -0.2) is 0 Å². The highest BCUT2D eigenvalue weighted by Crippen LogP contribution is 2.23. The minimum Gasteiger partial charge on any atom is -0.495 e. The van der Waals surface area contributed by atoms with Crippen molar-refractivity contribution in [3.05, 3.63) is 53.1 Å². The van der Waals surface area contributed by atoms with E-state index in [1.165, 1.54) is 7.11 Å². The second-order valence-corrected chi connectivity index (χ2v) is 6.08.